The van der Waals surface area contributed by atoms with E-state index in [1.165, 1.54) is 25.7 Å². The molecule has 15 heavy (non-hydrogen) atoms. The highest BCUT2D eigenvalue weighted by Crippen LogP contribution is 2.25. The van der Waals surface area contributed by atoms with E-state index in [2.05, 4.69) is 16.8 Å². The van der Waals surface area contributed by atoms with Gasteiger partial charge in [0.15, 0.2) is 5.17 Å². The minimum absolute atomic E-state index is 0.0362. The lowest BCUT2D eigenvalue weighted by molar-refractivity contribution is -0.115. The highest BCUT2D eigenvalue weighted by Gasteiger charge is 2.26. The second-order valence-electron chi connectivity index (χ2n) is 4.18. The van der Waals surface area contributed by atoms with Crippen molar-refractivity contribution in [2.75, 3.05) is 12.3 Å². The first-order valence-corrected chi connectivity index (χ1v) is 6.80. The van der Waals surface area contributed by atoms with E-state index in [-0.39, 0.29) is 5.91 Å². The molecule has 3 nitrogen and oxygen atoms in total. The van der Waals surface area contributed by atoms with Crippen molar-refractivity contribution in [1.29, 1.82) is 0 Å². The third-order valence-corrected chi connectivity index (χ3v) is 4.11. The zero-order valence-electron chi connectivity index (χ0n) is 9.24. The second-order valence-corrected chi connectivity index (χ2v) is 5.12. The first-order chi connectivity index (χ1) is 7.31. The Morgan fingerprint density at radius 1 is 1.47 bits per heavy atom. The van der Waals surface area contributed by atoms with Crippen LogP contribution in [0.5, 0.6) is 0 Å². The van der Waals surface area contributed by atoms with Crippen LogP contribution in [0.4, 0.5) is 0 Å². The van der Waals surface area contributed by atoms with Crippen LogP contribution in [-0.4, -0.2) is 34.3 Å². The number of amides is 1. The Morgan fingerprint density at radius 3 is 3.00 bits per heavy atom. The summed E-state index contributed by atoms with van der Waals surface area (Å²) >= 11 is 1.61. The Balaban J connectivity index is 2.09. The molecule has 2 heterocycles. The van der Waals surface area contributed by atoms with Crippen molar-refractivity contribution in [3.05, 3.63) is 0 Å². The molecule has 0 aromatic rings. The van der Waals surface area contributed by atoms with Gasteiger partial charge in [-0.15, -0.1) is 0 Å². The predicted octanol–water partition coefficient (Wildman–Crippen LogP) is 2.27. The van der Waals surface area contributed by atoms with Crippen LogP contribution in [0.3, 0.4) is 0 Å². The molecule has 2 aliphatic heterocycles. The fourth-order valence-corrected chi connectivity index (χ4v) is 3.19. The summed E-state index contributed by atoms with van der Waals surface area (Å²) in [6.45, 7) is 3.31. The minimum Gasteiger partial charge on any atom is -0.348 e. The molecule has 1 fully saturated rings. The predicted molar refractivity (Wildman–Crippen MR) is 64.2 cm³/mol. The fourth-order valence-electron chi connectivity index (χ4n) is 2.30. The van der Waals surface area contributed by atoms with Gasteiger partial charge in [0.25, 0.3) is 5.91 Å². The second kappa shape index (κ2) is 5.01. The minimum atomic E-state index is 0.0362. The van der Waals surface area contributed by atoms with Gasteiger partial charge in [-0.05, 0) is 19.3 Å². The lowest BCUT2D eigenvalue weighted by Gasteiger charge is -2.30. The van der Waals surface area contributed by atoms with Crippen molar-refractivity contribution >= 4 is 22.8 Å². The number of thioether (sulfide) groups is 1. The summed E-state index contributed by atoms with van der Waals surface area (Å²) in [6, 6.07) is 0.602. The van der Waals surface area contributed by atoms with E-state index >= 15 is 0 Å². The summed E-state index contributed by atoms with van der Waals surface area (Å²) in [7, 11) is 0. The van der Waals surface area contributed by atoms with Gasteiger partial charge in [0.2, 0.25) is 0 Å². The molecule has 0 N–H and O–H groups in total. The number of nitrogens with zero attached hydrogens (tertiary/aromatic N) is 2. The quantitative estimate of drug-likeness (QED) is 0.687. The summed E-state index contributed by atoms with van der Waals surface area (Å²) in [6.07, 6.45) is 6.29. The summed E-state index contributed by atoms with van der Waals surface area (Å²) in [5.41, 5.74) is 0. The van der Waals surface area contributed by atoms with Crippen molar-refractivity contribution in [3.63, 3.8) is 0 Å². The monoisotopic (exact) mass is 226 g/mol. The van der Waals surface area contributed by atoms with Gasteiger partial charge in [-0.25, -0.2) is 0 Å². The average Bonchev–Trinajstić information content (AvgIpc) is 2.54. The lowest BCUT2D eigenvalue weighted by Crippen LogP contribution is -2.37. The number of rotatable bonds is 1. The molecule has 84 valence electrons. The van der Waals surface area contributed by atoms with Gasteiger partial charge in [-0.2, -0.15) is 4.99 Å². The Morgan fingerprint density at radius 2 is 2.33 bits per heavy atom. The molecule has 1 amide bonds. The van der Waals surface area contributed by atoms with E-state index < -0.39 is 0 Å². The van der Waals surface area contributed by atoms with E-state index in [1.807, 2.05) is 0 Å². The maximum atomic E-state index is 11.1. The Kier molecular flexibility index (Phi) is 3.67. The molecule has 0 bridgehead atoms. The van der Waals surface area contributed by atoms with E-state index in [0.29, 0.717) is 11.8 Å². The standard InChI is InChI=1S/C11H18N2OS/c1-2-9-6-4-3-5-7-13(9)11-12-10(14)8-15-11/h9H,2-8H2,1H3. The maximum absolute atomic E-state index is 11.1. The van der Waals surface area contributed by atoms with Crippen molar-refractivity contribution in [2.45, 2.75) is 45.1 Å². The van der Waals surface area contributed by atoms with Crippen LogP contribution in [0.1, 0.15) is 39.0 Å². The molecular formula is C11H18N2OS. The van der Waals surface area contributed by atoms with Crippen LogP contribution >= 0.6 is 11.8 Å². The summed E-state index contributed by atoms with van der Waals surface area (Å²) in [5.74, 6) is 0.580. The molecule has 0 aromatic heterocycles. The molecule has 2 rings (SSSR count). The van der Waals surface area contributed by atoms with Gasteiger partial charge in [0.1, 0.15) is 0 Å². The van der Waals surface area contributed by atoms with Crippen LogP contribution in [-0.2, 0) is 4.79 Å². The van der Waals surface area contributed by atoms with Crippen molar-refractivity contribution in [1.82, 2.24) is 4.90 Å². The molecule has 0 spiro atoms. The van der Waals surface area contributed by atoms with Gasteiger partial charge in [0, 0.05) is 12.6 Å². The maximum Gasteiger partial charge on any atom is 0.258 e. The van der Waals surface area contributed by atoms with Gasteiger partial charge in [-0.3, -0.25) is 4.79 Å². The number of hydrogen-bond acceptors (Lipinski definition) is 3. The largest absolute Gasteiger partial charge is 0.348 e. The molecular weight excluding hydrogens is 208 g/mol. The summed E-state index contributed by atoms with van der Waals surface area (Å²) in [4.78, 5) is 17.6. The SMILES string of the molecule is CCC1CCCCCN1C1=NC(=O)CS1. The first-order valence-electron chi connectivity index (χ1n) is 5.82. The van der Waals surface area contributed by atoms with Crippen LogP contribution in [0.15, 0.2) is 4.99 Å². The number of aliphatic imine (C=N–C) groups is 1. The molecule has 0 aromatic carbocycles. The number of hydrogen-bond donors (Lipinski definition) is 0. The first kappa shape index (κ1) is 11.0. The Hall–Kier alpha value is -0.510. The van der Waals surface area contributed by atoms with Gasteiger partial charge in [-0.1, -0.05) is 31.5 Å². The van der Waals surface area contributed by atoms with E-state index in [4.69, 9.17) is 0 Å². The number of carbonyl (C=O) groups excluding carboxylic acids is 1. The highest BCUT2D eigenvalue weighted by atomic mass is 32.2. The average molecular weight is 226 g/mol. The third-order valence-electron chi connectivity index (χ3n) is 3.14. The fraction of sp³-hybridized carbons (Fsp3) is 0.818. The van der Waals surface area contributed by atoms with Crippen molar-refractivity contribution in [3.8, 4) is 0 Å². The Labute approximate surface area is 95.3 Å². The molecule has 0 radical (unpaired) electrons. The zero-order chi connectivity index (χ0) is 10.7. The van der Waals surface area contributed by atoms with Crippen LogP contribution < -0.4 is 0 Å². The zero-order valence-corrected chi connectivity index (χ0v) is 10.1. The molecule has 1 atom stereocenters. The topological polar surface area (TPSA) is 32.7 Å². The molecule has 0 saturated carbocycles. The van der Waals surface area contributed by atoms with Gasteiger partial charge >= 0.3 is 0 Å². The number of amidine groups is 1. The molecule has 1 unspecified atom stereocenters. The lowest BCUT2D eigenvalue weighted by atomic mass is 10.1. The summed E-state index contributed by atoms with van der Waals surface area (Å²) < 4.78 is 0. The number of carbonyl (C=O) groups is 1. The van der Waals surface area contributed by atoms with Crippen LogP contribution in [0, 0.1) is 0 Å². The third kappa shape index (κ3) is 2.54. The van der Waals surface area contributed by atoms with Crippen LogP contribution in [0.2, 0.25) is 0 Å². The van der Waals surface area contributed by atoms with Gasteiger partial charge < -0.3 is 4.90 Å². The van der Waals surface area contributed by atoms with E-state index in [0.717, 1.165) is 18.1 Å². The van der Waals surface area contributed by atoms with Crippen molar-refractivity contribution in [2.24, 2.45) is 4.99 Å². The molecule has 1 saturated heterocycles. The number of likely N-dealkylation sites (tertiary alicyclic amines) is 1. The van der Waals surface area contributed by atoms with E-state index in [1.54, 1.807) is 11.8 Å². The smallest absolute Gasteiger partial charge is 0.258 e. The summed E-state index contributed by atoms with van der Waals surface area (Å²) in [5, 5.41) is 0.980. The molecule has 2 aliphatic rings. The molecule has 0 aliphatic carbocycles. The van der Waals surface area contributed by atoms with Gasteiger partial charge in [0.05, 0.1) is 5.75 Å². The highest BCUT2D eigenvalue weighted by molar-refractivity contribution is 8.14. The Bertz CT molecular complexity index is 278. The van der Waals surface area contributed by atoms with E-state index in [9.17, 15) is 4.79 Å². The molecule has 4 heteroatoms. The van der Waals surface area contributed by atoms with Crippen LogP contribution in [0.25, 0.3) is 0 Å². The normalized spacial score (nSPS) is 27.8. The van der Waals surface area contributed by atoms with Crippen molar-refractivity contribution < 1.29 is 4.79 Å².